The van der Waals surface area contributed by atoms with E-state index in [1.807, 2.05) is 49.4 Å². The molecule has 1 N–H and O–H groups in total. The van der Waals surface area contributed by atoms with E-state index >= 15 is 0 Å². The van der Waals surface area contributed by atoms with Crippen LogP contribution < -0.4 is 19.9 Å². The first kappa shape index (κ1) is 18.3. The molecule has 2 heterocycles. The van der Waals surface area contributed by atoms with Crippen molar-refractivity contribution in [2.45, 2.75) is 32.2 Å². The molecule has 3 amide bonds. The molecule has 1 fully saturated rings. The van der Waals surface area contributed by atoms with Gasteiger partial charge < -0.3 is 15.0 Å². The zero-order valence-corrected chi connectivity index (χ0v) is 16.1. The maximum absolute atomic E-state index is 12.9. The summed E-state index contributed by atoms with van der Waals surface area (Å²) in [5.74, 6) is 0.806. The molecular formula is C22H25N3O3. The van der Waals surface area contributed by atoms with Crippen molar-refractivity contribution in [3.05, 3.63) is 54.1 Å². The van der Waals surface area contributed by atoms with Gasteiger partial charge in [0, 0.05) is 30.9 Å². The van der Waals surface area contributed by atoms with Crippen LogP contribution in [0.15, 0.2) is 48.5 Å². The van der Waals surface area contributed by atoms with Gasteiger partial charge in [0.1, 0.15) is 5.75 Å². The summed E-state index contributed by atoms with van der Waals surface area (Å²) >= 11 is 0. The Bertz CT molecular complexity index is 866. The van der Waals surface area contributed by atoms with Gasteiger partial charge in [-0.25, -0.2) is 4.79 Å². The summed E-state index contributed by atoms with van der Waals surface area (Å²) in [6, 6.07) is 15.2. The maximum Gasteiger partial charge on any atom is 0.322 e. The average molecular weight is 379 g/mol. The molecule has 4 rings (SSSR count). The van der Waals surface area contributed by atoms with E-state index in [-0.39, 0.29) is 18.0 Å². The fourth-order valence-electron chi connectivity index (χ4n) is 3.94. The highest BCUT2D eigenvalue weighted by Crippen LogP contribution is 2.28. The SMILES string of the molecule is CCOc1ccc(N2CC(NC(=O)N3CCCc4ccccc43)CC2=O)cc1. The van der Waals surface area contributed by atoms with E-state index in [1.165, 1.54) is 5.56 Å². The quantitative estimate of drug-likeness (QED) is 0.886. The molecule has 146 valence electrons. The number of nitrogens with zero attached hydrogens (tertiary/aromatic N) is 2. The van der Waals surface area contributed by atoms with Gasteiger partial charge in [-0.2, -0.15) is 0 Å². The first-order chi connectivity index (χ1) is 13.7. The highest BCUT2D eigenvalue weighted by molar-refractivity contribution is 5.98. The Balaban J connectivity index is 1.41. The average Bonchev–Trinajstić information content (AvgIpc) is 3.08. The summed E-state index contributed by atoms with van der Waals surface area (Å²) in [6.45, 7) is 3.72. The van der Waals surface area contributed by atoms with Crippen molar-refractivity contribution in [3.8, 4) is 5.75 Å². The molecule has 2 aliphatic rings. The van der Waals surface area contributed by atoms with Crippen LogP contribution in [0.25, 0.3) is 0 Å². The van der Waals surface area contributed by atoms with Crippen LogP contribution in [0.1, 0.15) is 25.3 Å². The van der Waals surface area contributed by atoms with Crippen LogP contribution in [0.5, 0.6) is 5.75 Å². The number of nitrogens with one attached hydrogen (secondary N) is 1. The number of carbonyl (C=O) groups is 2. The summed E-state index contributed by atoms with van der Waals surface area (Å²) in [6.07, 6.45) is 2.26. The van der Waals surface area contributed by atoms with Crippen LogP contribution in [-0.4, -0.2) is 37.7 Å². The second kappa shape index (κ2) is 7.92. The topological polar surface area (TPSA) is 61.9 Å². The van der Waals surface area contributed by atoms with Gasteiger partial charge in [0.2, 0.25) is 5.91 Å². The molecular weight excluding hydrogens is 354 g/mol. The molecule has 0 spiro atoms. The number of hydrogen-bond donors (Lipinski definition) is 1. The number of amides is 3. The fourth-order valence-corrected chi connectivity index (χ4v) is 3.94. The summed E-state index contributed by atoms with van der Waals surface area (Å²) in [7, 11) is 0. The third-order valence-electron chi connectivity index (χ3n) is 5.27. The van der Waals surface area contributed by atoms with Gasteiger partial charge in [0.05, 0.1) is 12.6 Å². The van der Waals surface area contributed by atoms with E-state index in [4.69, 9.17) is 4.74 Å². The van der Waals surface area contributed by atoms with Crippen molar-refractivity contribution in [2.75, 3.05) is 29.5 Å². The molecule has 0 bridgehead atoms. The largest absolute Gasteiger partial charge is 0.494 e. The Morgan fingerprint density at radius 3 is 2.75 bits per heavy atom. The molecule has 2 aromatic rings. The van der Waals surface area contributed by atoms with Crippen LogP contribution in [0.2, 0.25) is 0 Å². The monoisotopic (exact) mass is 379 g/mol. The molecule has 0 radical (unpaired) electrons. The number of benzene rings is 2. The van der Waals surface area contributed by atoms with E-state index in [9.17, 15) is 9.59 Å². The van der Waals surface area contributed by atoms with Gasteiger partial charge in [-0.3, -0.25) is 9.69 Å². The number of carbonyl (C=O) groups excluding carboxylic acids is 2. The van der Waals surface area contributed by atoms with Crippen molar-refractivity contribution < 1.29 is 14.3 Å². The van der Waals surface area contributed by atoms with Crippen LogP contribution >= 0.6 is 0 Å². The number of urea groups is 1. The minimum atomic E-state index is -0.194. The van der Waals surface area contributed by atoms with E-state index in [0.717, 1.165) is 30.0 Å². The molecule has 6 heteroatoms. The van der Waals surface area contributed by atoms with Crippen LogP contribution in [0.3, 0.4) is 0 Å². The van der Waals surface area contributed by atoms with E-state index in [1.54, 1.807) is 9.80 Å². The molecule has 6 nitrogen and oxygen atoms in total. The third kappa shape index (κ3) is 3.67. The molecule has 2 aromatic carbocycles. The van der Waals surface area contributed by atoms with Gasteiger partial charge in [-0.1, -0.05) is 18.2 Å². The fraction of sp³-hybridized carbons (Fsp3) is 0.364. The molecule has 28 heavy (non-hydrogen) atoms. The lowest BCUT2D eigenvalue weighted by Gasteiger charge is -2.30. The summed E-state index contributed by atoms with van der Waals surface area (Å²) in [5.41, 5.74) is 3.00. The Morgan fingerprint density at radius 1 is 1.18 bits per heavy atom. The highest BCUT2D eigenvalue weighted by atomic mass is 16.5. The number of ether oxygens (including phenoxy) is 1. The zero-order valence-electron chi connectivity index (χ0n) is 16.1. The number of hydrogen-bond acceptors (Lipinski definition) is 3. The van der Waals surface area contributed by atoms with E-state index in [0.29, 0.717) is 26.1 Å². The van der Waals surface area contributed by atoms with Gasteiger partial charge in [0.15, 0.2) is 0 Å². The first-order valence-electron chi connectivity index (χ1n) is 9.85. The highest BCUT2D eigenvalue weighted by Gasteiger charge is 2.33. The Hall–Kier alpha value is -3.02. The number of para-hydroxylation sites is 1. The predicted molar refractivity (Wildman–Crippen MR) is 109 cm³/mol. The van der Waals surface area contributed by atoms with Crippen molar-refractivity contribution in [3.63, 3.8) is 0 Å². The minimum absolute atomic E-state index is 0.0218. The Labute approximate surface area is 165 Å². The second-order valence-corrected chi connectivity index (χ2v) is 7.17. The standard InChI is InChI=1S/C22H25N3O3/c1-2-28-19-11-9-18(10-12-19)25-15-17(14-21(25)26)23-22(27)24-13-5-7-16-6-3-4-8-20(16)24/h3-4,6,8-12,17H,2,5,7,13-15H2,1H3,(H,23,27). The van der Waals surface area contributed by atoms with Gasteiger partial charge >= 0.3 is 6.03 Å². The summed E-state index contributed by atoms with van der Waals surface area (Å²) in [5, 5.41) is 3.05. The molecule has 1 saturated heterocycles. The van der Waals surface area contributed by atoms with Gasteiger partial charge in [-0.05, 0) is 55.7 Å². The Morgan fingerprint density at radius 2 is 1.96 bits per heavy atom. The first-order valence-corrected chi connectivity index (χ1v) is 9.85. The molecule has 1 unspecified atom stereocenters. The van der Waals surface area contributed by atoms with E-state index in [2.05, 4.69) is 11.4 Å². The lowest BCUT2D eigenvalue weighted by atomic mass is 10.0. The van der Waals surface area contributed by atoms with Crippen molar-refractivity contribution in [1.29, 1.82) is 0 Å². The number of anilines is 2. The summed E-state index contributed by atoms with van der Waals surface area (Å²) < 4.78 is 5.45. The lowest BCUT2D eigenvalue weighted by Crippen LogP contribution is -2.47. The molecule has 0 saturated carbocycles. The van der Waals surface area contributed by atoms with Gasteiger partial charge in [-0.15, -0.1) is 0 Å². The molecule has 1 atom stereocenters. The lowest BCUT2D eigenvalue weighted by molar-refractivity contribution is -0.117. The minimum Gasteiger partial charge on any atom is -0.494 e. The summed E-state index contributed by atoms with van der Waals surface area (Å²) in [4.78, 5) is 28.9. The Kier molecular flexibility index (Phi) is 5.19. The van der Waals surface area contributed by atoms with E-state index < -0.39 is 0 Å². The maximum atomic E-state index is 12.9. The molecule has 2 aliphatic heterocycles. The molecule has 0 aromatic heterocycles. The number of fused-ring (bicyclic) bond motifs is 1. The molecule has 0 aliphatic carbocycles. The van der Waals surface area contributed by atoms with Crippen LogP contribution in [0, 0.1) is 0 Å². The number of rotatable bonds is 4. The van der Waals surface area contributed by atoms with Gasteiger partial charge in [0.25, 0.3) is 0 Å². The van der Waals surface area contributed by atoms with Crippen LogP contribution in [0.4, 0.5) is 16.2 Å². The van der Waals surface area contributed by atoms with Crippen molar-refractivity contribution in [1.82, 2.24) is 5.32 Å². The number of aryl methyl sites for hydroxylation is 1. The predicted octanol–water partition coefficient (Wildman–Crippen LogP) is 3.35. The third-order valence-corrected chi connectivity index (χ3v) is 5.27. The van der Waals surface area contributed by atoms with Crippen LogP contribution in [-0.2, 0) is 11.2 Å². The second-order valence-electron chi connectivity index (χ2n) is 7.17. The van der Waals surface area contributed by atoms with Crippen molar-refractivity contribution >= 4 is 23.3 Å². The van der Waals surface area contributed by atoms with Crippen molar-refractivity contribution in [2.24, 2.45) is 0 Å². The zero-order chi connectivity index (χ0) is 19.5. The smallest absolute Gasteiger partial charge is 0.322 e. The normalized spacial score (nSPS) is 18.8.